The predicted molar refractivity (Wildman–Crippen MR) is 127 cm³/mol. The second-order valence-corrected chi connectivity index (χ2v) is 10.7. The maximum atomic E-state index is 14.4. The van der Waals surface area contributed by atoms with E-state index in [-0.39, 0.29) is 23.3 Å². The van der Waals surface area contributed by atoms with Crippen molar-refractivity contribution in [1.29, 1.82) is 0 Å². The highest BCUT2D eigenvalue weighted by atomic mass is 32.2. The molecule has 0 saturated carbocycles. The molecule has 174 valence electrons. The maximum absolute atomic E-state index is 14.4. The zero-order valence-corrected chi connectivity index (χ0v) is 19.8. The number of aryl methyl sites for hydroxylation is 1. The lowest BCUT2D eigenvalue weighted by Gasteiger charge is -2.33. The molecule has 0 saturated heterocycles. The van der Waals surface area contributed by atoms with E-state index in [9.17, 15) is 17.6 Å². The Balaban J connectivity index is 1.79. The van der Waals surface area contributed by atoms with Gasteiger partial charge < -0.3 is 0 Å². The molecule has 2 aromatic carbocycles. The van der Waals surface area contributed by atoms with E-state index in [4.69, 9.17) is 0 Å². The van der Waals surface area contributed by atoms with E-state index in [2.05, 4.69) is 9.71 Å². The van der Waals surface area contributed by atoms with Crippen LogP contribution in [0.4, 0.5) is 4.39 Å². The van der Waals surface area contributed by atoms with Crippen LogP contribution in [0.25, 0.3) is 11.1 Å². The highest BCUT2D eigenvalue weighted by molar-refractivity contribution is 7.88. The fourth-order valence-corrected chi connectivity index (χ4v) is 5.46. The third-order valence-electron chi connectivity index (χ3n) is 6.15. The first-order valence-corrected chi connectivity index (χ1v) is 12.9. The van der Waals surface area contributed by atoms with Crippen molar-refractivity contribution in [1.82, 2.24) is 14.3 Å². The smallest absolute Gasteiger partial charge is 0.257 e. The molecule has 3 aromatic rings. The SMILES string of the molecule is CC(C)n1cnc2c(c1=O)C(Cc1cccc(-c3ccccc3F)c1)C(NS(C)(=O)=O)CC2. The first kappa shape index (κ1) is 23.3. The lowest BCUT2D eigenvalue weighted by atomic mass is 9.78. The number of hydrogen-bond donors (Lipinski definition) is 1. The molecule has 1 aromatic heterocycles. The molecule has 4 rings (SSSR count). The number of aromatic nitrogens is 2. The second kappa shape index (κ2) is 9.19. The molecule has 1 aliphatic rings. The molecule has 1 N–H and O–H groups in total. The van der Waals surface area contributed by atoms with E-state index >= 15 is 0 Å². The molecular formula is C25H28FN3O3S. The van der Waals surface area contributed by atoms with Crippen molar-refractivity contribution in [2.45, 2.75) is 51.1 Å². The molecule has 0 amide bonds. The molecule has 33 heavy (non-hydrogen) atoms. The van der Waals surface area contributed by atoms with E-state index in [0.29, 0.717) is 30.4 Å². The fourth-order valence-electron chi connectivity index (χ4n) is 4.63. The zero-order chi connectivity index (χ0) is 23.8. The van der Waals surface area contributed by atoms with Gasteiger partial charge in [-0.2, -0.15) is 0 Å². The van der Waals surface area contributed by atoms with Gasteiger partial charge in [0, 0.05) is 29.1 Å². The standard InChI is InChI=1S/C25H28FN3O3S/c1-16(2)29-15-27-23-12-11-22(28-33(3,31)32)20(24(23)25(29)30)14-17-7-6-8-18(13-17)19-9-4-5-10-21(19)26/h4-10,13,15-16,20,22,28H,11-12,14H2,1-3H3. The van der Waals surface area contributed by atoms with Crippen molar-refractivity contribution < 1.29 is 12.8 Å². The molecule has 0 aliphatic heterocycles. The Hall–Kier alpha value is -2.84. The molecule has 2 atom stereocenters. The van der Waals surface area contributed by atoms with Crippen LogP contribution in [-0.4, -0.2) is 30.3 Å². The summed E-state index contributed by atoms with van der Waals surface area (Å²) in [6.07, 6.45) is 4.22. The largest absolute Gasteiger partial charge is 0.296 e. The Kier molecular flexibility index (Phi) is 6.50. The highest BCUT2D eigenvalue weighted by Gasteiger charge is 2.35. The van der Waals surface area contributed by atoms with Crippen LogP contribution in [0, 0.1) is 5.82 Å². The van der Waals surface area contributed by atoms with Gasteiger partial charge in [-0.1, -0.05) is 42.5 Å². The van der Waals surface area contributed by atoms with E-state index in [1.807, 2.05) is 38.1 Å². The van der Waals surface area contributed by atoms with Gasteiger partial charge in [0.1, 0.15) is 5.82 Å². The van der Waals surface area contributed by atoms with E-state index in [0.717, 1.165) is 23.1 Å². The molecule has 1 aliphatic carbocycles. The first-order valence-electron chi connectivity index (χ1n) is 11.0. The van der Waals surface area contributed by atoms with Crippen LogP contribution < -0.4 is 10.3 Å². The van der Waals surface area contributed by atoms with Crippen molar-refractivity contribution in [2.75, 3.05) is 6.26 Å². The number of sulfonamides is 1. The lowest BCUT2D eigenvalue weighted by Crippen LogP contribution is -2.45. The van der Waals surface area contributed by atoms with Crippen LogP contribution >= 0.6 is 0 Å². The van der Waals surface area contributed by atoms with Crippen LogP contribution in [0.3, 0.4) is 0 Å². The quantitative estimate of drug-likeness (QED) is 0.595. The zero-order valence-electron chi connectivity index (χ0n) is 19.0. The topological polar surface area (TPSA) is 81.1 Å². The number of nitrogens with zero attached hydrogens (tertiary/aromatic N) is 2. The van der Waals surface area contributed by atoms with Crippen LogP contribution in [-0.2, 0) is 22.9 Å². The highest BCUT2D eigenvalue weighted by Crippen LogP contribution is 2.33. The van der Waals surface area contributed by atoms with Crippen LogP contribution in [0.15, 0.2) is 59.7 Å². The summed E-state index contributed by atoms with van der Waals surface area (Å²) < 4.78 is 42.9. The fraction of sp³-hybridized carbons (Fsp3) is 0.360. The number of nitrogens with one attached hydrogen (secondary N) is 1. The Morgan fingerprint density at radius 3 is 2.64 bits per heavy atom. The summed E-state index contributed by atoms with van der Waals surface area (Å²) in [4.78, 5) is 17.9. The van der Waals surface area contributed by atoms with Gasteiger partial charge in [-0.15, -0.1) is 0 Å². The second-order valence-electron chi connectivity index (χ2n) is 8.94. The van der Waals surface area contributed by atoms with E-state index < -0.39 is 16.1 Å². The van der Waals surface area contributed by atoms with Crippen molar-refractivity contribution >= 4 is 10.0 Å². The minimum atomic E-state index is -3.48. The molecule has 0 radical (unpaired) electrons. The molecule has 8 heteroatoms. The third kappa shape index (κ3) is 5.07. The van der Waals surface area contributed by atoms with E-state index in [1.165, 1.54) is 6.07 Å². The van der Waals surface area contributed by atoms with Crippen molar-refractivity contribution in [3.63, 3.8) is 0 Å². The Labute approximate surface area is 193 Å². The van der Waals surface area contributed by atoms with Crippen LogP contribution in [0.1, 0.15) is 49.0 Å². The maximum Gasteiger partial charge on any atom is 0.257 e. The van der Waals surface area contributed by atoms with Gasteiger partial charge in [0.05, 0.1) is 18.3 Å². The minimum Gasteiger partial charge on any atom is -0.296 e. The average molecular weight is 470 g/mol. The van der Waals surface area contributed by atoms with Crippen LogP contribution in [0.5, 0.6) is 0 Å². The van der Waals surface area contributed by atoms with Crippen molar-refractivity contribution in [2.24, 2.45) is 0 Å². The summed E-state index contributed by atoms with van der Waals surface area (Å²) in [5, 5.41) is 0. The van der Waals surface area contributed by atoms with Gasteiger partial charge in [-0.3, -0.25) is 9.36 Å². The predicted octanol–water partition coefficient (Wildman–Crippen LogP) is 3.82. The number of benzene rings is 2. The molecule has 1 heterocycles. The lowest BCUT2D eigenvalue weighted by molar-refractivity contribution is 0.413. The van der Waals surface area contributed by atoms with E-state index in [1.54, 1.807) is 29.1 Å². The van der Waals surface area contributed by atoms with Crippen molar-refractivity contribution in [3.05, 3.63) is 87.9 Å². The Bertz CT molecular complexity index is 1330. The summed E-state index contributed by atoms with van der Waals surface area (Å²) in [5.74, 6) is -0.691. The van der Waals surface area contributed by atoms with Gasteiger partial charge >= 0.3 is 0 Å². The normalized spacial score (nSPS) is 18.3. The molecule has 0 spiro atoms. The molecular weight excluding hydrogens is 441 g/mol. The summed E-state index contributed by atoms with van der Waals surface area (Å²) in [6, 6.07) is 13.6. The minimum absolute atomic E-state index is 0.0661. The number of hydrogen-bond acceptors (Lipinski definition) is 4. The van der Waals surface area contributed by atoms with Gasteiger partial charge in [0.2, 0.25) is 10.0 Å². The third-order valence-corrected chi connectivity index (χ3v) is 6.88. The van der Waals surface area contributed by atoms with Gasteiger partial charge in [-0.05, 0) is 50.3 Å². The van der Waals surface area contributed by atoms with Gasteiger partial charge in [-0.25, -0.2) is 22.5 Å². The average Bonchev–Trinajstić information content (AvgIpc) is 2.75. The Morgan fingerprint density at radius 2 is 1.94 bits per heavy atom. The molecule has 0 fully saturated rings. The number of halogens is 1. The number of fused-ring (bicyclic) bond motifs is 1. The van der Waals surface area contributed by atoms with Crippen LogP contribution in [0.2, 0.25) is 0 Å². The Morgan fingerprint density at radius 1 is 1.18 bits per heavy atom. The molecule has 2 unspecified atom stereocenters. The first-order chi connectivity index (χ1) is 15.6. The monoisotopic (exact) mass is 469 g/mol. The van der Waals surface area contributed by atoms with Gasteiger partial charge in [0.15, 0.2) is 0 Å². The summed E-state index contributed by atoms with van der Waals surface area (Å²) >= 11 is 0. The summed E-state index contributed by atoms with van der Waals surface area (Å²) in [7, 11) is -3.48. The number of rotatable bonds is 6. The van der Waals surface area contributed by atoms with Gasteiger partial charge in [0.25, 0.3) is 5.56 Å². The van der Waals surface area contributed by atoms with Crippen molar-refractivity contribution in [3.8, 4) is 11.1 Å². The molecule has 0 bridgehead atoms. The summed E-state index contributed by atoms with van der Waals surface area (Å²) in [6.45, 7) is 3.83. The summed E-state index contributed by atoms with van der Waals surface area (Å²) in [5.41, 5.74) is 3.28. The molecule has 6 nitrogen and oxygen atoms in total.